The molecule has 1 aromatic rings. The first-order chi connectivity index (χ1) is 7.95. The largest absolute Gasteiger partial charge is 0.375 e. The van der Waals surface area contributed by atoms with Crippen molar-refractivity contribution in [2.75, 3.05) is 18.8 Å². The monoisotopic (exact) mass is 276 g/mol. The molecule has 0 bridgehead atoms. The van der Waals surface area contributed by atoms with Gasteiger partial charge in [0.05, 0.1) is 5.25 Å². The lowest BCUT2D eigenvalue weighted by Gasteiger charge is -2.30. The number of nitrogens with two attached hydrogens (primary N) is 2. The first-order valence-electron chi connectivity index (χ1n) is 5.39. The van der Waals surface area contributed by atoms with Crippen LogP contribution in [0.25, 0.3) is 0 Å². The van der Waals surface area contributed by atoms with Crippen LogP contribution in [0.1, 0.15) is 17.7 Å². The molecule has 0 aromatic carbocycles. The van der Waals surface area contributed by atoms with Crippen LogP contribution in [0.15, 0.2) is 6.20 Å². The van der Waals surface area contributed by atoms with Crippen molar-refractivity contribution in [3.05, 3.63) is 11.1 Å². The van der Waals surface area contributed by atoms with Gasteiger partial charge in [0.1, 0.15) is 0 Å². The number of thiazole rings is 1. The van der Waals surface area contributed by atoms with Gasteiger partial charge in [-0.1, -0.05) is 0 Å². The van der Waals surface area contributed by atoms with Crippen LogP contribution >= 0.6 is 11.3 Å². The first-order valence-corrected chi connectivity index (χ1v) is 7.82. The second-order valence-electron chi connectivity index (χ2n) is 4.25. The minimum atomic E-state index is -3.42. The number of nitrogen functional groups attached to an aromatic ring is 1. The highest BCUT2D eigenvalue weighted by atomic mass is 32.2. The summed E-state index contributed by atoms with van der Waals surface area (Å²) in [6, 6.07) is 0. The highest BCUT2D eigenvalue weighted by molar-refractivity contribution is 7.89. The average molecular weight is 276 g/mol. The van der Waals surface area contributed by atoms with Crippen LogP contribution in [-0.4, -0.2) is 36.6 Å². The Morgan fingerprint density at radius 1 is 1.59 bits per heavy atom. The molecule has 6 nitrogen and oxygen atoms in total. The lowest BCUT2D eigenvalue weighted by Crippen LogP contribution is -2.44. The van der Waals surface area contributed by atoms with E-state index in [-0.39, 0.29) is 0 Å². The molecule has 17 heavy (non-hydrogen) atoms. The van der Waals surface area contributed by atoms with E-state index in [1.165, 1.54) is 11.3 Å². The Morgan fingerprint density at radius 2 is 2.35 bits per heavy atom. The fourth-order valence-corrected chi connectivity index (χ4v) is 3.68. The van der Waals surface area contributed by atoms with Crippen LogP contribution in [-0.2, 0) is 16.6 Å². The number of piperidine rings is 1. The van der Waals surface area contributed by atoms with Gasteiger partial charge >= 0.3 is 0 Å². The third kappa shape index (κ3) is 3.38. The van der Waals surface area contributed by atoms with Gasteiger partial charge in [-0.25, -0.2) is 18.5 Å². The second-order valence-corrected chi connectivity index (χ2v) is 7.24. The number of aromatic nitrogens is 1. The summed E-state index contributed by atoms with van der Waals surface area (Å²) in [4.78, 5) is 7.12. The number of sulfonamides is 1. The first kappa shape index (κ1) is 12.7. The minimum Gasteiger partial charge on any atom is -0.375 e. The molecule has 1 unspecified atom stereocenters. The predicted molar refractivity (Wildman–Crippen MR) is 67.9 cm³/mol. The summed E-state index contributed by atoms with van der Waals surface area (Å²) in [6.45, 7) is 2.08. The number of rotatable bonds is 3. The van der Waals surface area contributed by atoms with Crippen molar-refractivity contribution in [1.82, 2.24) is 9.88 Å². The molecule has 1 aliphatic rings. The molecule has 1 atom stereocenters. The summed E-state index contributed by atoms with van der Waals surface area (Å²) >= 11 is 1.43. The Kier molecular flexibility index (Phi) is 3.67. The Labute approximate surface area is 105 Å². The maximum Gasteiger partial charge on any atom is 0.213 e. The zero-order valence-electron chi connectivity index (χ0n) is 9.37. The fraction of sp³-hybridized carbons (Fsp3) is 0.667. The molecule has 0 amide bonds. The molecule has 0 spiro atoms. The van der Waals surface area contributed by atoms with E-state index in [4.69, 9.17) is 10.9 Å². The Morgan fingerprint density at radius 3 is 2.94 bits per heavy atom. The maximum atomic E-state index is 11.3. The van der Waals surface area contributed by atoms with Crippen LogP contribution in [0.4, 0.5) is 5.13 Å². The third-order valence-corrected chi connectivity index (χ3v) is 5.00. The topological polar surface area (TPSA) is 102 Å². The zero-order valence-corrected chi connectivity index (χ0v) is 11.0. The molecule has 2 heterocycles. The average Bonchev–Trinajstić information content (AvgIpc) is 2.63. The Bertz CT molecular complexity index is 485. The molecular weight excluding hydrogens is 260 g/mol. The van der Waals surface area contributed by atoms with E-state index in [1.807, 2.05) is 0 Å². The standard InChI is InChI=1S/C9H16N4O2S2/c10-9-12-4-7(16-9)5-13-3-1-2-8(6-13)17(11,14)15/h4,8H,1-3,5-6H2,(H2,10,12)(H2,11,14,15). The van der Waals surface area contributed by atoms with E-state index in [1.54, 1.807) is 6.20 Å². The maximum absolute atomic E-state index is 11.3. The van der Waals surface area contributed by atoms with E-state index in [0.717, 1.165) is 17.8 Å². The summed E-state index contributed by atoms with van der Waals surface area (Å²) in [5, 5.41) is 5.28. The molecule has 8 heteroatoms. The number of hydrogen-bond donors (Lipinski definition) is 2. The van der Waals surface area contributed by atoms with Gasteiger partial charge in [-0.15, -0.1) is 11.3 Å². The Hall–Kier alpha value is -0.700. The van der Waals surface area contributed by atoms with Crippen molar-refractivity contribution < 1.29 is 8.42 Å². The SMILES string of the molecule is Nc1ncc(CN2CCCC(S(N)(=O)=O)C2)s1. The highest BCUT2D eigenvalue weighted by Gasteiger charge is 2.28. The third-order valence-electron chi connectivity index (χ3n) is 2.88. The number of nitrogens with zero attached hydrogens (tertiary/aromatic N) is 2. The van der Waals surface area contributed by atoms with E-state index in [2.05, 4.69) is 9.88 Å². The molecule has 1 fully saturated rings. The van der Waals surface area contributed by atoms with Crippen molar-refractivity contribution in [2.24, 2.45) is 5.14 Å². The van der Waals surface area contributed by atoms with Gasteiger partial charge in [0.2, 0.25) is 10.0 Å². The van der Waals surface area contributed by atoms with Gasteiger partial charge < -0.3 is 5.73 Å². The van der Waals surface area contributed by atoms with E-state index >= 15 is 0 Å². The van der Waals surface area contributed by atoms with Gasteiger partial charge in [-0.3, -0.25) is 4.90 Å². The van der Waals surface area contributed by atoms with Crippen LogP contribution in [0.3, 0.4) is 0 Å². The van der Waals surface area contributed by atoms with Crippen molar-refractivity contribution in [1.29, 1.82) is 0 Å². The van der Waals surface area contributed by atoms with E-state index in [0.29, 0.717) is 24.6 Å². The molecule has 1 saturated heterocycles. The molecular formula is C9H16N4O2S2. The molecule has 1 aliphatic heterocycles. The Balaban J connectivity index is 1.98. The van der Waals surface area contributed by atoms with Crippen LogP contribution < -0.4 is 10.9 Å². The van der Waals surface area contributed by atoms with Gasteiger partial charge in [0.25, 0.3) is 0 Å². The zero-order chi connectivity index (χ0) is 12.5. The lowest BCUT2D eigenvalue weighted by molar-refractivity contribution is 0.224. The van der Waals surface area contributed by atoms with Gasteiger partial charge in [0.15, 0.2) is 5.13 Å². The molecule has 0 aliphatic carbocycles. The molecule has 96 valence electrons. The number of likely N-dealkylation sites (tertiary alicyclic amines) is 1. The smallest absolute Gasteiger partial charge is 0.213 e. The van der Waals surface area contributed by atoms with Gasteiger partial charge in [-0.05, 0) is 19.4 Å². The van der Waals surface area contributed by atoms with E-state index < -0.39 is 15.3 Å². The molecule has 1 aromatic heterocycles. The van der Waals surface area contributed by atoms with E-state index in [9.17, 15) is 8.42 Å². The quantitative estimate of drug-likeness (QED) is 0.807. The van der Waals surface area contributed by atoms with Crippen molar-refractivity contribution >= 4 is 26.5 Å². The van der Waals surface area contributed by atoms with Crippen LogP contribution in [0.2, 0.25) is 0 Å². The molecule has 0 radical (unpaired) electrons. The molecule has 4 N–H and O–H groups in total. The highest BCUT2D eigenvalue weighted by Crippen LogP contribution is 2.21. The summed E-state index contributed by atoms with van der Waals surface area (Å²) in [7, 11) is -3.42. The van der Waals surface area contributed by atoms with Crippen LogP contribution in [0.5, 0.6) is 0 Å². The van der Waals surface area contributed by atoms with Gasteiger partial charge in [0, 0.05) is 24.2 Å². The molecule has 2 rings (SSSR count). The van der Waals surface area contributed by atoms with Gasteiger partial charge in [-0.2, -0.15) is 0 Å². The minimum absolute atomic E-state index is 0.443. The normalized spacial score (nSPS) is 22.8. The predicted octanol–water partition coefficient (Wildman–Crippen LogP) is -0.0218. The molecule has 0 saturated carbocycles. The summed E-state index contributed by atoms with van der Waals surface area (Å²) in [5.74, 6) is 0. The second kappa shape index (κ2) is 4.89. The summed E-state index contributed by atoms with van der Waals surface area (Å²) in [6.07, 6.45) is 3.25. The lowest BCUT2D eigenvalue weighted by atomic mass is 10.1. The van der Waals surface area contributed by atoms with Crippen molar-refractivity contribution in [3.63, 3.8) is 0 Å². The number of primary sulfonamides is 1. The number of anilines is 1. The fourth-order valence-electron chi connectivity index (χ4n) is 2.04. The van der Waals surface area contributed by atoms with Crippen molar-refractivity contribution in [2.45, 2.75) is 24.6 Å². The summed E-state index contributed by atoms with van der Waals surface area (Å²) in [5.41, 5.74) is 5.55. The number of hydrogen-bond acceptors (Lipinski definition) is 6. The summed E-state index contributed by atoms with van der Waals surface area (Å²) < 4.78 is 22.6. The van der Waals surface area contributed by atoms with Crippen molar-refractivity contribution in [3.8, 4) is 0 Å². The van der Waals surface area contributed by atoms with Crippen LogP contribution in [0, 0.1) is 0 Å².